The van der Waals surface area contributed by atoms with E-state index < -0.39 is 35.1 Å². The van der Waals surface area contributed by atoms with Crippen molar-refractivity contribution < 1.29 is 31.1 Å². The Morgan fingerprint density at radius 2 is 1.55 bits per heavy atom. The van der Waals surface area contributed by atoms with Crippen LogP contribution in [0.3, 0.4) is 0 Å². The van der Waals surface area contributed by atoms with E-state index in [1.54, 1.807) is 0 Å². The summed E-state index contributed by atoms with van der Waals surface area (Å²) in [5, 5.41) is 3.29. The lowest BCUT2D eigenvalue weighted by atomic mass is 10.1. The second kappa shape index (κ2) is 5.59. The average molecular weight is 340 g/mol. The topological polar surface area (TPSA) is 42.0 Å². The minimum absolute atomic E-state index is 0.0154. The number of nitrogens with one attached hydrogen (secondary N) is 1. The highest BCUT2D eigenvalue weighted by Gasteiger charge is 2.37. The van der Waals surface area contributed by atoms with E-state index in [4.69, 9.17) is 0 Å². The number of hydrogen-bond donors (Lipinski definition) is 1. The van der Waals surface area contributed by atoms with E-state index in [1.165, 1.54) is 10.9 Å². The molecule has 118 valence electrons. The number of benzene rings is 1. The van der Waals surface area contributed by atoms with Gasteiger partial charge in [-0.05, 0) is 18.2 Å². The van der Waals surface area contributed by atoms with Crippen LogP contribution in [0, 0.1) is 0 Å². The van der Waals surface area contributed by atoms with Gasteiger partial charge in [-0.25, -0.2) is 4.98 Å². The first-order valence-electron chi connectivity index (χ1n) is 5.56. The minimum Gasteiger partial charge on any atom is -0.321 e. The van der Waals surface area contributed by atoms with E-state index in [-0.39, 0.29) is 11.8 Å². The minimum atomic E-state index is -4.97. The van der Waals surface area contributed by atoms with Gasteiger partial charge in [0.25, 0.3) is 5.91 Å². The zero-order chi connectivity index (χ0) is 16.5. The van der Waals surface area contributed by atoms with Crippen LogP contribution in [0.1, 0.15) is 21.6 Å². The number of alkyl halides is 6. The molecule has 0 atom stereocenters. The molecule has 0 aliphatic heterocycles. The average Bonchev–Trinajstić information content (AvgIpc) is 2.90. The molecule has 0 unspecified atom stereocenters. The van der Waals surface area contributed by atoms with E-state index in [9.17, 15) is 31.1 Å². The number of amides is 1. The Hall–Kier alpha value is -2.10. The molecule has 0 fully saturated rings. The summed E-state index contributed by atoms with van der Waals surface area (Å²) >= 11 is 1.06. The number of thiazole rings is 1. The van der Waals surface area contributed by atoms with Crippen LogP contribution >= 0.6 is 11.3 Å². The molecular formula is C12H6F6N2OS. The number of halogens is 6. The SMILES string of the molecule is O=C(Nc1cc(C(F)(F)F)cc(C(F)(F)F)c1)c1cscn1. The summed E-state index contributed by atoms with van der Waals surface area (Å²) in [6, 6.07) is 0.845. The van der Waals surface area contributed by atoms with E-state index in [2.05, 4.69) is 4.98 Å². The summed E-state index contributed by atoms with van der Waals surface area (Å²) in [6.45, 7) is 0. The number of nitrogens with zero attached hydrogens (tertiary/aromatic N) is 1. The van der Waals surface area contributed by atoms with Gasteiger partial charge < -0.3 is 5.32 Å². The molecule has 10 heteroatoms. The molecule has 0 saturated heterocycles. The fraction of sp³-hybridized carbons (Fsp3) is 0.167. The predicted octanol–water partition coefficient (Wildman–Crippen LogP) is 4.43. The highest BCUT2D eigenvalue weighted by Crippen LogP contribution is 2.37. The maximum Gasteiger partial charge on any atom is 0.416 e. The first kappa shape index (κ1) is 16.3. The Labute approximate surface area is 123 Å². The van der Waals surface area contributed by atoms with E-state index >= 15 is 0 Å². The van der Waals surface area contributed by atoms with E-state index in [0.717, 1.165) is 11.3 Å². The van der Waals surface area contributed by atoms with Crippen molar-refractivity contribution in [1.82, 2.24) is 4.98 Å². The van der Waals surface area contributed by atoms with Crippen molar-refractivity contribution in [3.8, 4) is 0 Å². The van der Waals surface area contributed by atoms with Crippen LogP contribution < -0.4 is 5.32 Å². The third-order valence-electron chi connectivity index (χ3n) is 2.51. The number of aromatic nitrogens is 1. The maximum atomic E-state index is 12.7. The van der Waals surface area contributed by atoms with Gasteiger partial charge in [-0.1, -0.05) is 0 Å². The first-order valence-corrected chi connectivity index (χ1v) is 6.50. The smallest absolute Gasteiger partial charge is 0.321 e. The van der Waals surface area contributed by atoms with Crippen molar-refractivity contribution in [3.63, 3.8) is 0 Å². The van der Waals surface area contributed by atoms with Gasteiger partial charge in [-0.15, -0.1) is 11.3 Å². The molecule has 22 heavy (non-hydrogen) atoms. The molecule has 1 heterocycles. The van der Waals surface area contributed by atoms with Gasteiger partial charge >= 0.3 is 12.4 Å². The third-order valence-corrected chi connectivity index (χ3v) is 3.10. The molecule has 3 nitrogen and oxygen atoms in total. The summed E-state index contributed by atoms with van der Waals surface area (Å²) in [7, 11) is 0. The Balaban J connectivity index is 2.40. The zero-order valence-corrected chi connectivity index (χ0v) is 11.2. The summed E-state index contributed by atoms with van der Waals surface area (Å²) in [6.07, 6.45) is -9.94. The molecule has 0 aliphatic rings. The van der Waals surface area contributed by atoms with E-state index in [1.807, 2.05) is 5.32 Å². The first-order chi connectivity index (χ1) is 10.1. The summed E-state index contributed by atoms with van der Waals surface area (Å²) in [5.41, 5.74) is -2.41. The molecule has 1 aromatic carbocycles. The van der Waals surface area contributed by atoms with Gasteiger partial charge in [0.05, 0.1) is 16.6 Å². The summed E-state index contributed by atoms with van der Waals surface area (Å²) in [5.74, 6) is -0.895. The number of carbonyl (C=O) groups excluding carboxylic acids is 1. The number of hydrogen-bond acceptors (Lipinski definition) is 3. The largest absolute Gasteiger partial charge is 0.416 e. The lowest BCUT2D eigenvalue weighted by Crippen LogP contribution is -2.16. The van der Waals surface area contributed by atoms with Crippen LogP contribution in [0.5, 0.6) is 0 Å². The molecule has 0 saturated carbocycles. The third kappa shape index (κ3) is 3.75. The molecule has 2 aromatic rings. The standard InChI is InChI=1S/C12H6F6N2OS/c13-11(14,15)6-1-7(12(16,17)18)3-8(2-6)20-10(21)9-4-22-5-19-9/h1-5H,(H,20,21). The fourth-order valence-corrected chi connectivity index (χ4v) is 2.08. The summed E-state index contributed by atoms with van der Waals surface area (Å²) < 4.78 is 75.9. The number of anilines is 1. The molecule has 0 spiro atoms. The van der Waals surface area contributed by atoms with Crippen LogP contribution in [-0.4, -0.2) is 10.9 Å². The molecule has 0 bridgehead atoms. The maximum absolute atomic E-state index is 12.7. The fourth-order valence-electron chi connectivity index (χ4n) is 1.55. The quantitative estimate of drug-likeness (QED) is 0.822. The normalized spacial score (nSPS) is 12.3. The monoisotopic (exact) mass is 340 g/mol. The van der Waals surface area contributed by atoms with Crippen LogP contribution in [0.2, 0.25) is 0 Å². The lowest BCUT2D eigenvalue weighted by molar-refractivity contribution is -0.143. The predicted molar refractivity (Wildman–Crippen MR) is 66.5 cm³/mol. The van der Waals surface area contributed by atoms with Crippen LogP contribution in [0.15, 0.2) is 29.1 Å². The molecule has 0 aliphatic carbocycles. The van der Waals surface area contributed by atoms with Gasteiger partial charge in [0.2, 0.25) is 0 Å². The molecule has 1 amide bonds. The van der Waals surface area contributed by atoms with Crippen molar-refractivity contribution >= 4 is 22.9 Å². The molecule has 0 radical (unpaired) electrons. The van der Waals surface area contributed by atoms with Crippen molar-refractivity contribution in [3.05, 3.63) is 45.9 Å². The van der Waals surface area contributed by atoms with Crippen molar-refractivity contribution in [1.29, 1.82) is 0 Å². The van der Waals surface area contributed by atoms with Crippen LogP contribution in [0.25, 0.3) is 0 Å². The lowest BCUT2D eigenvalue weighted by Gasteiger charge is -2.14. The molecule has 1 aromatic heterocycles. The second-order valence-electron chi connectivity index (χ2n) is 4.12. The number of rotatable bonds is 2. The van der Waals surface area contributed by atoms with Crippen LogP contribution in [0.4, 0.5) is 32.0 Å². The molecular weight excluding hydrogens is 334 g/mol. The highest BCUT2D eigenvalue weighted by molar-refractivity contribution is 7.07. The number of carbonyl (C=O) groups is 1. The Kier molecular flexibility index (Phi) is 4.14. The van der Waals surface area contributed by atoms with Gasteiger partial charge in [-0.2, -0.15) is 26.3 Å². The molecule has 1 N–H and O–H groups in total. The highest BCUT2D eigenvalue weighted by atomic mass is 32.1. The molecule has 2 rings (SSSR count). The van der Waals surface area contributed by atoms with Gasteiger partial charge in [-0.3, -0.25) is 4.79 Å². The van der Waals surface area contributed by atoms with Gasteiger partial charge in [0.1, 0.15) is 5.69 Å². The Bertz CT molecular complexity index is 646. The Morgan fingerprint density at radius 3 is 1.95 bits per heavy atom. The zero-order valence-electron chi connectivity index (χ0n) is 10.4. The van der Waals surface area contributed by atoms with Crippen molar-refractivity contribution in [2.24, 2.45) is 0 Å². The van der Waals surface area contributed by atoms with Crippen molar-refractivity contribution in [2.75, 3.05) is 5.32 Å². The second-order valence-corrected chi connectivity index (χ2v) is 4.84. The van der Waals surface area contributed by atoms with Gasteiger partial charge in [0, 0.05) is 11.1 Å². The van der Waals surface area contributed by atoms with Crippen molar-refractivity contribution in [2.45, 2.75) is 12.4 Å². The Morgan fingerprint density at radius 1 is 1.00 bits per heavy atom. The van der Waals surface area contributed by atoms with Gasteiger partial charge in [0.15, 0.2) is 0 Å². The van der Waals surface area contributed by atoms with Crippen LogP contribution in [-0.2, 0) is 12.4 Å². The van der Waals surface area contributed by atoms with E-state index in [0.29, 0.717) is 12.1 Å². The summed E-state index contributed by atoms with van der Waals surface area (Å²) in [4.78, 5) is 15.3.